The molecule has 0 aromatic carbocycles. The Morgan fingerprint density at radius 3 is 2.10 bits per heavy atom. The molecule has 0 bridgehead atoms. The van der Waals surface area contributed by atoms with Crippen LogP contribution in [0.25, 0.3) is 0 Å². The molecule has 8 nitrogen and oxygen atoms in total. The van der Waals surface area contributed by atoms with E-state index in [-0.39, 0.29) is 42.5 Å². The van der Waals surface area contributed by atoms with Crippen LogP contribution < -0.4 is 5.32 Å². The summed E-state index contributed by atoms with van der Waals surface area (Å²) < 4.78 is 23.0. The van der Waals surface area contributed by atoms with Crippen molar-refractivity contribution in [2.24, 2.45) is 4.99 Å². The molecule has 170 valence electrons. The van der Waals surface area contributed by atoms with Crippen molar-refractivity contribution < 1.29 is 13.2 Å². The number of carbonyl (C=O) groups excluding carboxylic acids is 1. The molecule has 2 aliphatic heterocycles. The van der Waals surface area contributed by atoms with Gasteiger partial charge in [0.2, 0.25) is 5.91 Å². The summed E-state index contributed by atoms with van der Waals surface area (Å²) in [5.41, 5.74) is 0. The summed E-state index contributed by atoms with van der Waals surface area (Å²) >= 11 is 0. The molecule has 0 spiro atoms. The number of amides is 1. The maximum atomic E-state index is 12.6. The smallest absolute Gasteiger partial charge is 0.239 e. The number of carbonyl (C=O) groups is 1. The fourth-order valence-corrected chi connectivity index (χ4v) is 3.79. The Hall–Kier alpha value is -0.620. The molecule has 0 aromatic rings. The van der Waals surface area contributed by atoms with Gasteiger partial charge in [0.05, 0.1) is 17.3 Å². The van der Waals surface area contributed by atoms with Gasteiger partial charge >= 0.3 is 0 Å². The van der Waals surface area contributed by atoms with Gasteiger partial charge < -0.3 is 15.1 Å². The van der Waals surface area contributed by atoms with Gasteiger partial charge in [0.1, 0.15) is 0 Å². The third kappa shape index (κ3) is 6.95. The maximum absolute atomic E-state index is 12.6. The summed E-state index contributed by atoms with van der Waals surface area (Å²) in [7, 11) is -3.19. The van der Waals surface area contributed by atoms with Gasteiger partial charge in [-0.15, -0.1) is 24.0 Å². The molecule has 2 aliphatic rings. The van der Waals surface area contributed by atoms with Crippen molar-refractivity contribution in [2.45, 2.75) is 51.3 Å². The van der Waals surface area contributed by atoms with Crippen LogP contribution in [0.4, 0.5) is 0 Å². The van der Waals surface area contributed by atoms with Crippen LogP contribution in [0, 0.1) is 0 Å². The van der Waals surface area contributed by atoms with Gasteiger partial charge in [0, 0.05) is 52.1 Å². The highest BCUT2D eigenvalue weighted by Crippen LogP contribution is 2.17. The Morgan fingerprint density at radius 1 is 1.07 bits per heavy atom. The lowest BCUT2D eigenvalue weighted by molar-refractivity contribution is -0.135. The highest BCUT2D eigenvalue weighted by molar-refractivity contribution is 14.0. The molecule has 1 N–H and O–H groups in total. The van der Waals surface area contributed by atoms with Crippen LogP contribution >= 0.6 is 24.0 Å². The van der Waals surface area contributed by atoms with E-state index in [4.69, 9.17) is 0 Å². The van der Waals surface area contributed by atoms with Crippen molar-refractivity contribution >= 4 is 45.7 Å². The molecule has 29 heavy (non-hydrogen) atoms. The Kier molecular flexibility index (Phi) is 10.1. The topological polar surface area (TPSA) is 85.3 Å². The molecular formula is C19H38IN5O3S. The molecule has 10 heteroatoms. The van der Waals surface area contributed by atoms with E-state index in [1.165, 1.54) is 6.26 Å². The number of sulfone groups is 1. The van der Waals surface area contributed by atoms with Gasteiger partial charge in [-0.05, 0) is 40.5 Å². The van der Waals surface area contributed by atoms with Crippen molar-refractivity contribution in [1.82, 2.24) is 20.0 Å². The lowest BCUT2D eigenvalue weighted by Gasteiger charge is -2.39. The standard InChI is InChI=1S/C19H37N5O3S.HI/c1-6-20-18(21-15-19(3,4)28(5,26)27)24-13-11-22(12-14-24)16(2)17(25)23-9-7-8-10-23;/h16H,6-15H2,1-5H3,(H,20,21);1H. The summed E-state index contributed by atoms with van der Waals surface area (Å²) in [6, 6.07) is -0.0936. The number of guanidine groups is 1. The average Bonchev–Trinajstić information content (AvgIpc) is 3.18. The quantitative estimate of drug-likeness (QED) is 0.306. The molecule has 0 aromatic heterocycles. The molecule has 0 aliphatic carbocycles. The van der Waals surface area contributed by atoms with Gasteiger partial charge in [-0.3, -0.25) is 14.7 Å². The third-order valence-corrected chi connectivity index (χ3v) is 8.02. The van der Waals surface area contributed by atoms with Crippen molar-refractivity contribution in [3.05, 3.63) is 0 Å². The fraction of sp³-hybridized carbons (Fsp3) is 0.895. The fourth-order valence-electron chi connectivity index (χ4n) is 3.49. The highest BCUT2D eigenvalue weighted by Gasteiger charge is 2.32. The number of hydrogen-bond donors (Lipinski definition) is 1. The first kappa shape index (κ1) is 26.4. The molecule has 2 heterocycles. The van der Waals surface area contributed by atoms with Gasteiger partial charge in [0.25, 0.3) is 0 Å². The average molecular weight is 544 g/mol. The number of nitrogens with one attached hydrogen (secondary N) is 1. The monoisotopic (exact) mass is 543 g/mol. The predicted molar refractivity (Wildman–Crippen MR) is 129 cm³/mol. The van der Waals surface area contributed by atoms with Crippen molar-refractivity contribution in [1.29, 1.82) is 0 Å². The van der Waals surface area contributed by atoms with Crippen LogP contribution in [-0.2, 0) is 14.6 Å². The largest absolute Gasteiger partial charge is 0.357 e. The third-order valence-electron chi connectivity index (χ3n) is 5.88. The minimum atomic E-state index is -3.19. The Balaban J connectivity index is 0.00000420. The Morgan fingerprint density at radius 2 is 1.62 bits per heavy atom. The normalized spacial score (nSPS) is 20.4. The number of piperazine rings is 1. The Bertz CT molecular complexity index is 669. The highest BCUT2D eigenvalue weighted by atomic mass is 127. The molecular weight excluding hydrogens is 505 g/mol. The van der Waals surface area contributed by atoms with Crippen LogP contribution in [-0.4, -0.2) is 104 Å². The van der Waals surface area contributed by atoms with E-state index in [1.54, 1.807) is 13.8 Å². The summed E-state index contributed by atoms with van der Waals surface area (Å²) in [5, 5.41) is 3.28. The second kappa shape index (κ2) is 11.1. The first-order valence-electron chi connectivity index (χ1n) is 10.3. The van der Waals surface area contributed by atoms with E-state index in [0.29, 0.717) is 0 Å². The van der Waals surface area contributed by atoms with Crippen LogP contribution in [0.2, 0.25) is 0 Å². The second-order valence-electron chi connectivity index (χ2n) is 8.43. The first-order chi connectivity index (χ1) is 13.1. The number of likely N-dealkylation sites (tertiary alicyclic amines) is 1. The molecule has 0 saturated carbocycles. The zero-order chi connectivity index (χ0) is 20.9. The summed E-state index contributed by atoms with van der Waals surface area (Å²) in [6.07, 6.45) is 3.48. The SMILES string of the molecule is CCNC(=NCC(C)(C)S(C)(=O)=O)N1CCN(C(C)C(=O)N2CCCC2)CC1.I. The van der Waals surface area contributed by atoms with Crippen molar-refractivity contribution in [3.8, 4) is 0 Å². The van der Waals surface area contributed by atoms with Crippen LogP contribution in [0.15, 0.2) is 4.99 Å². The molecule has 1 unspecified atom stereocenters. The number of rotatable bonds is 6. The molecule has 2 saturated heterocycles. The van der Waals surface area contributed by atoms with E-state index in [2.05, 4.69) is 20.1 Å². The minimum Gasteiger partial charge on any atom is -0.357 e. The van der Waals surface area contributed by atoms with Crippen LogP contribution in [0.1, 0.15) is 40.5 Å². The maximum Gasteiger partial charge on any atom is 0.239 e. The number of hydrogen-bond acceptors (Lipinski definition) is 5. The molecule has 2 rings (SSSR count). The van der Waals surface area contributed by atoms with Crippen molar-refractivity contribution in [3.63, 3.8) is 0 Å². The molecule has 2 fully saturated rings. The zero-order valence-electron chi connectivity index (χ0n) is 18.5. The lowest BCUT2D eigenvalue weighted by Crippen LogP contribution is -2.57. The minimum absolute atomic E-state index is 0. The van der Waals surface area contributed by atoms with Gasteiger partial charge in [-0.25, -0.2) is 8.42 Å². The second-order valence-corrected chi connectivity index (χ2v) is 11.1. The predicted octanol–water partition coefficient (Wildman–Crippen LogP) is 1.02. The number of aliphatic imine (C=N–C) groups is 1. The van der Waals surface area contributed by atoms with E-state index < -0.39 is 14.6 Å². The molecule has 1 atom stereocenters. The van der Waals surface area contributed by atoms with Gasteiger partial charge in [-0.2, -0.15) is 0 Å². The number of halogens is 1. The summed E-state index contributed by atoms with van der Waals surface area (Å²) in [6.45, 7) is 13.3. The first-order valence-corrected chi connectivity index (χ1v) is 12.2. The molecule has 0 radical (unpaired) electrons. The number of nitrogens with zero attached hydrogens (tertiary/aromatic N) is 4. The van der Waals surface area contributed by atoms with Gasteiger partial charge in [0.15, 0.2) is 15.8 Å². The van der Waals surface area contributed by atoms with E-state index >= 15 is 0 Å². The van der Waals surface area contributed by atoms with Crippen molar-refractivity contribution in [2.75, 3.05) is 58.6 Å². The summed E-state index contributed by atoms with van der Waals surface area (Å²) in [4.78, 5) is 23.6. The molecule has 1 amide bonds. The van der Waals surface area contributed by atoms with Gasteiger partial charge in [-0.1, -0.05) is 0 Å². The Labute approximate surface area is 193 Å². The lowest BCUT2D eigenvalue weighted by atomic mass is 10.2. The zero-order valence-corrected chi connectivity index (χ0v) is 21.6. The van der Waals surface area contributed by atoms with E-state index in [9.17, 15) is 13.2 Å². The summed E-state index contributed by atoms with van der Waals surface area (Å²) in [5.74, 6) is 0.985. The van der Waals surface area contributed by atoms with E-state index in [0.717, 1.165) is 64.6 Å². The van der Waals surface area contributed by atoms with E-state index in [1.807, 2.05) is 18.7 Å². The van der Waals surface area contributed by atoms with Crippen LogP contribution in [0.3, 0.4) is 0 Å². The van der Waals surface area contributed by atoms with Crippen LogP contribution in [0.5, 0.6) is 0 Å².